The number of anilines is 2. The summed E-state index contributed by atoms with van der Waals surface area (Å²) in [5.41, 5.74) is 8.92. The van der Waals surface area contributed by atoms with Crippen LogP contribution in [0.4, 0.5) is 11.4 Å². The first-order valence-corrected chi connectivity index (χ1v) is 5.72. The van der Waals surface area contributed by atoms with Gasteiger partial charge in [0.15, 0.2) is 5.69 Å². The van der Waals surface area contributed by atoms with Crippen LogP contribution >= 0.6 is 0 Å². The fraction of sp³-hybridized carbons (Fsp3) is 0.250. The number of amides is 1. The Bertz CT molecular complexity index is 619. The van der Waals surface area contributed by atoms with Crippen molar-refractivity contribution in [1.29, 1.82) is 0 Å². The van der Waals surface area contributed by atoms with Gasteiger partial charge < -0.3 is 10.6 Å². The van der Waals surface area contributed by atoms with E-state index in [1.165, 1.54) is 4.68 Å². The topological polar surface area (TPSA) is 77.0 Å². The molecule has 18 heavy (non-hydrogen) atoms. The summed E-state index contributed by atoms with van der Waals surface area (Å²) < 4.78 is 1.52. The molecule has 1 aliphatic rings. The lowest BCUT2D eigenvalue weighted by Crippen LogP contribution is -2.29. The molecule has 2 heterocycles. The summed E-state index contributed by atoms with van der Waals surface area (Å²) >= 11 is 0. The van der Waals surface area contributed by atoms with E-state index in [1.54, 1.807) is 18.1 Å². The van der Waals surface area contributed by atoms with Crippen molar-refractivity contribution < 1.29 is 4.79 Å². The number of carbonyl (C=O) groups is 1. The SMILES string of the molecule is Cn1cc(C(=O)N2CCc3c(N)cccc32)nn1. The summed E-state index contributed by atoms with van der Waals surface area (Å²) in [6, 6.07) is 5.62. The van der Waals surface area contributed by atoms with Crippen LogP contribution in [-0.4, -0.2) is 27.4 Å². The smallest absolute Gasteiger partial charge is 0.280 e. The predicted molar refractivity (Wildman–Crippen MR) is 67.2 cm³/mol. The van der Waals surface area contributed by atoms with Crippen LogP contribution in [-0.2, 0) is 13.5 Å². The number of aryl methyl sites for hydroxylation is 1. The number of nitrogen functional groups attached to an aromatic ring is 1. The lowest BCUT2D eigenvalue weighted by Gasteiger charge is -2.15. The van der Waals surface area contributed by atoms with E-state index < -0.39 is 0 Å². The van der Waals surface area contributed by atoms with E-state index in [1.807, 2.05) is 18.2 Å². The largest absolute Gasteiger partial charge is 0.398 e. The number of nitrogens with zero attached hydrogens (tertiary/aromatic N) is 4. The molecule has 0 radical (unpaired) electrons. The average Bonchev–Trinajstić information content (AvgIpc) is 2.95. The van der Waals surface area contributed by atoms with E-state index in [9.17, 15) is 4.79 Å². The van der Waals surface area contributed by atoms with Gasteiger partial charge in [-0.15, -0.1) is 5.10 Å². The molecule has 1 aromatic carbocycles. The highest BCUT2D eigenvalue weighted by Crippen LogP contribution is 2.32. The van der Waals surface area contributed by atoms with Gasteiger partial charge in [0.2, 0.25) is 0 Å². The van der Waals surface area contributed by atoms with Crippen molar-refractivity contribution >= 4 is 17.3 Å². The maximum atomic E-state index is 12.3. The number of nitrogens with two attached hydrogens (primary N) is 1. The van der Waals surface area contributed by atoms with Gasteiger partial charge in [0.05, 0.1) is 6.20 Å². The molecule has 1 amide bonds. The summed E-state index contributed by atoms with van der Waals surface area (Å²) in [6.45, 7) is 0.638. The fourth-order valence-electron chi connectivity index (χ4n) is 2.26. The molecule has 0 unspecified atom stereocenters. The highest BCUT2D eigenvalue weighted by atomic mass is 16.2. The quantitative estimate of drug-likeness (QED) is 0.744. The van der Waals surface area contributed by atoms with E-state index in [0.717, 1.165) is 23.4 Å². The molecule has 0 aliphatic carbocycles. The van der Waals surface area contributed by atoms with Crippen molar-refractivity contribution in [3.63, 3.8) is 0 Å². The lowest BCUT2D eigenvalue weighted by molar-refractivity contribution is 0.0984. The van der Waals surface area contributed by atoms with Gasteiger partial charge in [-0.05, 0) is 18.6 Å². The number of fused-ring (bicyclic) bond motifs is 1. The molecule has 2 aromatic rings. The van der Waals surface area contributed by atoms with E-state index >= 15 is 0 Å². The van der Waals surface area contributed by atoms with Crippen LogP contribution in [0.25, 0.3) is 0 Å². The Hall–Kier alpha value is -2.37. The molecule has 0 bridgehead atoms. The number of hydrogen-bond acceptors (Lipinski definition) is 4. The molecule has 0 saturated heterocycles. The third-order valence-electron chi connectivity index (χ3n) is 3.13. The second-order valence-electron chi connectivity index (χ2n) is 4.33. The summed E-state index contributed by atoms with van der Waals surface area (Å²) in [5, 5.41) is 7.62. The van der Waals surface area contributed by atoms with Gasteiger partial charge in [0.1, 0.15) is 0 Å². The second-order valence-corrected chi connectivity index (χ2v) is 4.33. The Morgan fingerprint density at radius 3 is 3.00 bits per heavy atom. The number of carbonyl (C=O) groups excluding carboxylic acids is 1. The standard InChI is InChI=1S/C12H13N5O/c1-16-7-10(14-15-16)12(18)17-6-5-8-9(13)3-2-4-11(8)17/h2-4,7H,5-6,13H2,1H3. The van der Waals surface area contributed by atoms with Crippen LogP contribution in [0.3, 0.4) is 0 Å². The molecule has 1 aliphatic heterocycles. The summed E-state index contributed by atoms with van der Waals surface area (Å²) in [5.74, 6) is -0.132. The maximum Gasteiger partial charge on any atom is 0.280 e. The van der Waals surface area contributed by atoms with E-state index in [4.69, 9.17) is 5.73 Å². The van der Waals surface area contributed by atoms with Crippen LogP contribution in [0.15, 0.2) is 24.4 Å². The Labute approximate surface area is 104 Å². The predicted octanol–water partition coefficient (Wildman–Crippen LogP) is 0.600. The van der Waals surface area contributed by atoms with Gasteiger partial charge in [-0.25, -0.2) is 0 Å². The molecule has 0 saturated carbocycles. The third kappa shape index (κ3) is 1.54. The Morgan fingerprint density at radius 1 is 1.44 bits per heavy atom. The van der Waals surface area contributed by atoms with Crippen LogP contribution in [0.2, 0.25) is 0 Å². The maximum absolute atomic E-state index is 12.3. The Morgan fingerprint density at radius 2 is 2.28 bits per heavy atom. The minimum Gasteiger partial charge on any atom is -0.398 e. The highest BCUT2D eigenvalue weighted by molar-refractivity contribution is 6.06. The van der Waals surface area contributed by atoms with E-state index in [0.29, 0.717) is 12.2 Å². The van der Waals surface area contributed by atoms with Crippen molar-refractivity contribution in [3.05, 3.63) is 35.7 Å². The second kappa shape index (κ2) is 3.83. The van der Waals surface area contributed by atoms with Crippen LogP contribution in [0.5, 0.6) is 0 Å². The first-order chi connectivity index (χ1) is 8.66. The molecule has 92 valence electrons. The summed E-state index contributed by atoms with van der Waals surface area (Å²) in [6.07, 6.45) is 2.40. The number of rotatable bonds is 1. The number of benzene rings is 1. The molecular formula is C12H13N5O. The highest BCUT2D eigenvalue weighted by Gasteiger charge is 2.28. The van der Waals surface area contributed by atoms with E-state index in [2.05, 4.69) is 10.3 Å². The van der Waals surface area contributed by atoms with Gasteiger partial charge in [-0.3, -0.25) is 9.48 Å². The lowest BCUT2D eigenvalue weighted by atomic mass is 10.1. The molecule has 3 rings (SSSR count). The fourth-order valence-corrected chi connectivity index (χ4v) is 2.26. The first-order valence-electron chi connectivity index (χ1n) is 5.72. The Kier molecular flexibility index (Phi) is 2.29. The molecule has 0 atom stereocenters. The molecule has 1 aromatic heterocycles. The summed E-state index contributed by atoms with van der Waals surface area (Å²) in [7, 11) is 1.74. The average molecular weight is 243 g/mol. The number of hydrogen-bond donors (Lipinski definition) is 1. The zero-order valence-electron chi connectivity index (χ0n) is 10.00. The monoisotopic (exact) mass is 243 g/mol. The summed E-state index contributed by atoms with van der Waals surface area (Å²) in [4.78, 5) is 14.0. The van der Waals surface area contributed by atoms with Gasteiger partial charge in [0.25, 0.3) is 5.91 Å². The van der Waals surface area contributed by atoms with Crippen LogP contribution in [0.1, 0.15) is 16.1 Å². The van der Waals surface area contributed by atoms with Crippen molar-refractivity contribution in [2.75, 3.05) is 17.2 Å². The minimum atomic E-state index is -0.132. The van der Waals surface area contributed by atoms with Gasteiger partial charge in [-0.2, -0.15) is 0 Å². The minimum absolute atomic E-state index is 0.132. The molecule has 6 nitrogen and oxygen atoms in total. The van der Waals surface area contributed by atoms with Crippen molar-refractivity contribution in [1.82, 2.24) is 15.0 Å². The van der Waals surface area contributed by atoms with Gasteiger partial charge in [-0.1, -0.05) is 11.3 Å². The van der Waals surface area contributed by atoms with Crippen LogP contribution < -0.4 is 10.6 Å². The third-order valence-corrected chi connectivity index (χ3v) is 3.13. The zero-order chi connectivity index (χ0) is 12.7. The number of aromatic nitrogens is 3. The first kappa shape index (κ1) is 10.8. The van der Waals surface area contributed by atoms with Gasteiger partial charge >= 0.3 is 0 Å². The van der Waals surface area contributed by atoms with Gasteiger partial charge in [0, 0.05) is 30.5 Å². The molecule has 0 fully saturated rings. The molecule has 2 N–H and O–H groups in total. The molecule has 0 spiro atoms. The normalized spacial score (nSPS) is 13.7. The van der Waals surface area contributed by atoms with E-state index in [-0.39, 0.29) is 5.91 Å². The Balaban J connectivity index is 1.97. The van der Waals surface area contributed by atoms with Crippen molar-refractivity contribution in [2.45, 2.75) is 6.42 Å². The zero-order valence-corrected chi connectivity index (χ0v) is 10.00. The van der Waals surface area contributed by atoms with Crippen molar-refractivity contribution in [2.24, 2.45) is 7.05 Å². The van der Waals surface area contributed by atoms with Crippen LogP contribution in [0, 0.1) is 0 Å². The molecule has 6 heteroatoms. The van der Waals surface area contributed by atoms with Crippen molar-refractivity contribution in [3.8, 4) is 0 Å². The molecular weight excluding hydrogens is 230 g/mol.